The normalized spacial score (nSPS) is 19.5. The highest BCUT2D eigenvalue weighted by Gasteiger charge is 2.18. The Morgan fingerprint density at radius 1 is 1.62 bits per heavy atom. The fourth-order valence-electron chi connectivity index (χ4n) is 1.17. The highest BCUT2D eigenvalue weighted by atomic mass is 16.5. The molecule has 3 heteroatoms. The lowest BCUT2D eigenvalue weighted by molar-refractivity contribution is 0.111. The summed E-state index contributed by atoms with van der Waals surface area (Å²) in [5, 5.41) is 12.9. The van der Waals surface area contributed by atoms with E-state index < -0.39 is 6.10 Å². The average molecular weight is 185 g/mol. The van der Waals surface area contributed by atoms with Gasteiger partial charge >= 0.3 is 0 Å². The molecule has 0 bridgehead atoms. The zero-order chi connectivity index (χ0) is 9.90. The molecule has 1 unspecified atom stereocenters. The fraction of sp³-hybridized carbons (Fsp3) is 0.800. The molecule has 0 aromatic carbocycles. The van der Waals surface area contributed by atoms with E-state index >= 15 is 0 Å². The maximum Gasteiger partial charge on any atom is 0.123 e. The van der Waals surface area contributed by atoms with E-state index in [4.69, 9.17) is 4.74 Å². The zero-order valence-electron chi connectivity index (χ0n) is 8.63. The molecule has 0 aliphatic carbocycles. The van der Waals surface area contributed by atoms with Crippen LogP contribution >= 0.6 is 0 Å². The molecule has 0 aromatic rings. The smallest absolute Gasteiger partial charge is 0.123 e. The summed E-state index contributed by atoms with van der Waals surface area (Å²) in [6.45, 7) is 7.48. The van der Waals surface area contributed by atoms with Crippen LogP contribution in [0.15, 0.2) is 11.8 Å². The standard InChI is InChI=1S/C10H19NO2/c1-10(2,3)11-7-8(12)9-5-4-6-13-9/h5,8,11-12H,4,6-7H2,1-3H3. The Hall–Kier alpha value is -0.540. The topological polar surface area (TPSA) is 41.5 Å². The molecule has 1 rings (SSSR count). The second-order valence-corrected chi connectivity index (χ2v) is 4.39. The molecule has 1 atom stereocenters. The summed E-state index contributed by atoms with van der Waals surface area (Å²) in [4.78, 5) is 0. The van der Waals surface area contributed by atoms with Gasteiger partial charge in [0.1, 0.15) is 11.9 Å². The first kappa shape index (κ1) is 10.5. The van der Waals surface area contributed by atoms with Crippen molar-refractivity contribution >= 4 is 0 Å². The molecule has 0 spiro atoms. The molecule has 0 saturated heterocycles. The molecule has 0 radical (unpaired) electrons. The average Bonchev–Trinajstić information content (AvgIpc) is 2.50. The van der Waals surface area contributed by atoms with E-state index in [9.17, 15) is 5.11 Å². The summed E-state index contributed by atoms with van der Waals surface area (Å²) in [5.74, 6) is 0.719. The van der Waals surface area contributed by atoms with Gasteiger partial charge in [-0.15, -0.1) is 0 Å². The number of hydrogen-bond acceptors (Lipinski definition) is 3. The van der Waals surface area contributed by atoms with E-state index in [1.165, 1.54) is 0 Å². The van der Waals surface area contributed by atoms with Crippen molar-refractivity contribution in [2.45, 2.75) is 38.8 Å². The molecule has 0 aromatic heterocycles. The summed E-state index contributed by atoms with van der Waals surface area (Å²) >= 11 is 0. The first-order chi connectivity index (χ1) is 5.99. The predicted molar refractivity (Wildman–Crippen MR) is 52.4 cm³/mol. The Balaban J connectivity index is 2.29. The number of aliphatic hydroxyl groups excluding tert-OH is 1. The third-order valence-electron chi connectivity index (χ3n) is 1.89. The van der Waals surface area contributed by atoms with E-state index in [-0.39, 0.29) is 5.54 Å². The largest absolute Gasteiger partial charge is 0.495 e. The highest BCUT2D eigenvalue weighted by Crippen LogP contribution is 2.13. The van der Waals surface area contributed by atoms with E-state index in [0.717, 1.165) is 12.2 Å². The van der Waals surface area contributed by atoms with Crippen LogP contribution in [0.5, 0.6) is 0 Å². The lowest BCUT2D eigenvalue weighted by atomic mass is 10.1. The molecule has 0 amide bonds. The molecule has 0 fully saturated rings. The Morgan fingerprint density at radius 3 is 2.77 bits per heavy atom. The maximum atomic E-state index is 9.66. The highest BCUT2D eigenvalue weighted by molar-refractivity contribution is 5.04. The predicted octanol–water partition coefficient (Wildman–Crippen LogP) is 1.04. The second kappa shape index (κ2) is 4.11. The molecular weight excluding hydrogens is 166 g/mol. The number of aliphatic hydroxyl groups is 1. The third-order valence-corrected chi connectivity index (χ3v) is 1.89. The van der Waals surface area contributed by atoms with Crippen LogP contribution in [-0.2, 0) is 4.74 Å². The Bertz CT molecular complexity index is 194. The fourth-order valence-corrected chi connectivity index (χ4v) is 1.17. The Morgan fingerprint density at radius 2 is 2.31 bits per heavy atom. The van der Waals surface area contributed by atoms with Crippen LogP contribution in [0.4, 0.5) is 0 Å². The van der Waals surface area contributed by atoms with Gasteiger partial charge in [0.25, 0.3) is 0 Å². The first-order valence-electron chi connectivity index (χ1n) is 4.75. The van der Waals surface area contributed by atoms with Gasteiger partial charge in [-0.1, -0.05) is 0 Å². The van der Waals surface area contributed by atoms with Crippen molar-refractivity contribution in [1.82, 2.24) is 5.32 Å². The van der Waals surface area contributed by atoms with Gasteiger partial charge in [0, 0.05) is 18.5 Å². The Labute approximate surface area is 79.8 Å². The van der Waals surface area contributed by atoms with Crippen molar-refractivity contribution < 1.29 is 9.84 Å². The van der Waals surface area contributed by atoms with E-state index in [2.05, 4.69) is 26.1 Å². The van der Waals surface area contributed by atoms with E-state index in [0.29, 0.717) is 13.2 Å². The number of ether oxygens (including phenoxy) is 1. The van der Waals surface area contributed by atoms with Crippen LogP contribution in [0.3, 0.4) is 0 Å². The van der Waals surface area contributed by atoms with Gasteiger partial charge in [0.2, 0.25) is 0 Å². The van der Waals surface area contributed by atoms with Crippen molar-refractivity contribution in [1.29, 1.82) is 0 Å². The van der Waals surface area contributed by atoms with Crippen molar-refractivity contribution in [3.63, 3.8) is 0 Å². The van der Waals surface area contributed by atoms with Gasteiger partial charge in [-0.3, -0.25) is 0 Å². The number of hydrogen-bond donors (Lipinski definition) is 2. The van der Waals surface area contributed by atoms with Gasteiger partial charge in [0.15, 0.2) is 0 Å². The summed E-state index contributed by atoms with van der Waals surface area (Å²) < 4.78 is 5.25. The van der Waals surface area contributed by atoms with Gasteiger partial charge in [0.05, 0.1) is 6.61 Å². The van der Waals surface area contributed by atoms with Gasteiger partial charge in [-0.05, 0) is 26.8 Å². The summed E-state index contributed by atoms with van der Waals surface area (Å²) in [7, 11) is 0. The van der Waals surface area contributed by atoms with Crippen molar-refractivity contribution in [2.24, 2.45) is 0 Å². The van der Waals surface area contributed by atoms with Gasteiger partial charge in [-0.2, -0.15) is 0 Å². The second-order valence-electron chi connectivity index (χ2n) is 4.39. The third kappa shape index (κ3) is 3.79. The number of rotatable bonds is 3. The van der Waals surface area contributed by atoms with Crippen molar-refractivity contribution in [2.75, 3.05) is 13.2 Å². The molecule has 3 nitrogen and oxygen atoms in total. The molecule has 13 heavy (non-hydrogen) atoms. The van der Waals surface area contributed by atoms with Gasteiger partial charge < -0.3 is 15.2 Å². The zero-order valence-corrected chi connectivity index (χ0v) is 8.63. The molecule has 1 aliphatic rings. The molecule has 76 valence electrons. The SMILES string of the molecule is CC(C)(C)NCC(O)C1=CCCO1. The minimum absolute atomic E-state index is 0.0418. The quantitative estimate of drug-likeness (QED) is 0.690. The van der Waals surface area contributed by atoms with Crippen LogP contribution in [0, 0.1) is 0 Å². The van der Waals surface area contributed by atoms with Crippen LogP contribution in [0.1, 0.15) is 27.2 Å². The maximum absolute atomic E-state index is 9.66. The number of nitrogens with one attached hydrogen (secondary N) is 1. The molecule has 1 heterocycles. The summed E-state index contributed by atoms with van der Waals surface area (Å²) in [6, 6.07) is 0. The van der Waals surface area contributed by atoms with Crippen LogP contribution in [0.25, 0.3) is 0 Å². The molecular formula is C10H19NO2. The summed E-state index contributed by atoms with van der Waals surface area (Å²) in [5.41, 5.74) is 0.0418. The van der Waals surface area contributed by atoms with Crippen LogP contribution in [0.2, 0.25) is 0 Å². The molecule has 1 aliphatic heterocycles. The van der Waals surface area contributed by atoms with Gasteiger partial charge in [-0.25, -0.2) is 0 Å². The summed E-state index contributed by atoms with van der Waals surface area (Å²) in [6.07, 6.45) is 2.37. The monoisotopic (exact) mass is 185 g/mol. The lowest BCUT2D eigenvalue weighted by Gasteiger charge is -2.23. The first-order valence-corrected chi connectivity index (χ1v) is 4.75. The Kier molecular flexibility index (Phi) is 3.33. The lowest BCUT2D eigenvalue weighted by Crippen LogP contribution is -2.41. The van der Waals surface area contributed by atoms with E-state index in [1.54, 1.807) is 0 Å². The van der Waals surface area contributed by atoms with Crippen molar-refractivity contribution in [3.05, 3.63) is 11.8 Å². The molecule has 2 N–H and O–H groups in total. The van der Waals surface area contributed by atoms with E-state index in [1.807, 2.05) is 6.08 Å². The van der Waals surface area contributed by atoms with Crippen molar-refractivity contribution in [3.8, 4) is 0 Å². The van der Waals surface area contributed by atoms with Crippen LogP contribution < -0.4 is 5.32 Å². The number of β-amino-alcohol motifs (C(OH)–C–C–N with tert-alkyl or cyclic N) is 1. The minimum atomic E-state index is -0.498. The minimum Gasteiger partial charge on any atom is -0.495 e. The molecule has 0 saturated carbocycles. The van der Waals surface area contributed by atoms with Crippen LogP contribution in [-0.4, -0.2) is 29.9 Å².